The molecule has 0 aliphatic heterocycles. The summed E-state index contributed by atoms with van der Waals surface area (Å²) in [7, 11) is 0. The van der Waals surface area contributed by atoms with Crippen molar-refractivity contribution in [2.75, 3.05) is 18.4 Å². The molecular weight excluding hydrogens is 422 g/mol. The molecule has 3 aromatic carbocycles. The van der Waals surface area contributed by atoms with Crippen LogP contribution in [-0.2, 0) is 6.54 Å². The molecule has 0 atom stereocenters. The molecule has 0 saturated heterocycles. The Morgan fingerprint density at radius 3 is 2.41 bits per heavy atom. The maximum absolute atomic E-state index is 12.3. The molecule has 34 heavy (non-hydrogen) atoms. The summed E-state index contributed by atoms with van der Waals surface area (Å²) in [5, 5.41) is 12.4. The van der Waals surface area contributed by atoms with Gasteiger partial charge in [-0.3, -0.25) is 4.79 Å². The lowest BCUT2D eigenvalue weighted by atomic mass is 10.1. The van der Waals surface area contributed by atoms with E-state index in [9.17, 15) is 4.79 Å². The number of para-hydroxylation sites is 2. The van der Waals surface area contributed by atoms with Gasteiger partial charge < -0.3 is 15.6 Å². The van der Waals surface area contributed by atoms with Crippen LogP contribution < -0.4 is 16.1 Å². The van der Waals surface area contributed by atoms with Crippen molar-refractivity contribution in [3.8, 4) is 16.9 Å². The van der Waals surface area contributed by atoms with Gasteiger partial charge in [-0.05, 0) is 37.2 Å². The van der Waals surface area contributed by atoms with Crippen molar-refractivity contribution in [3.63, 3.8) is 0 Å². The van der Waals surface area contributed by atoms with Crippen molar-refractivity contribution in [2.45, 2.75) is 13.0 Å². The molecule has 0 amide bonds. The smallest absolute Gasteiger partial charge is 0.191 e. The van der Waals surface area contributed by atoms with Gasteiger partial charge in [0.2, 0.25) is 0 Å². The van der Waals surface area contributed by atoms with Crippen LogP contribution in [0, 0.1) is 0 Å². The highest BCUT2D eigenvalue weighted by atomic mass is 16.1. The molecular formula is C28H27N5O. The summed E-state index contributed by atoms with van der Waals surface area (Å²) in [5.74, 6) is 0.749. The number of nitrogens with one attached hydrogen (secondary N) is 3. The summed E-state index contributed by atoms with van der Waals surface area (Å²) in [6.45, 7) is 2.33. The quantitative estimate of drug-likeness (QED) is 0.278. The molecule has 0 unspecified atom stereocenters. The van der Waals surface area contributed by atoms with Crippen LogP contribution in [0.4, 0.5) is 5.82 Å². The summed E-state index contributed by atoms with van der Waals surface area (Å²) in [5.41, 5.74) is 5.17. The maximum Gasteiger partial charge on any atom is 0.191 e. The largest absolute Gasteiger partial charge is 0.371 e. The Bertz CT molecular complexity index is 1420. The lowest BCUT2D eigenvalue weighted by Gasteiger charge is -2.09. The second kappa shape index (κ2) is 10.2. The minimum Gasteiger partial charge on any atom is -0.371 e. The van der Waals surface area contributed by atoms with E-state index in [2.05, 4.69) is 46.1 Å². The van der Waals surface area contributed by atoms with Crippen molar-refractivity contribution in [1.82, 2.24) is 20.1 Å². The Hall–Kier alpha value is -4.16. The van der Waals surface area contributed by atoms with E-state index in [0.29, 0.717) is 5.39 Å². The van der Waals surface area contributed by atoms with E-state index >= 15 is 0 Å². The first kappa shape index (κ1) is 21.7. The Kier molecular flexibility index (Phi) is 6.49. The fraction of sp³-hybridized carbons (Fsp3) is 0.143. The number of fused-ring (bicyclic) bond motifs is 1. The lowest BCUT2D eigenvalue weighted by molar-refractivity contribution is 0.663. The fourth-order valence-electron chi connectivity index (χ4n) is 4.04. The highest BCUT2D eigenvalue weighted by Crippen LogP contribution is 2.23. The van der Waals surface area contributed by atoms with Crippen LogP contribution in [0.5, 0.6) is 0 Å². The molecule has 0 bridgehead atoms. The Labute approximate surface area is 198 Å². The molecule has 3 N–H and O–H groups in total. The minimum absolute atomic E-state index is 0.0267. The third-order valence-corrected chi connectivity index (χ3v) is 5.76. The van der Waals surface area contributed by atoms with E-state index < -0.39 is 0 Å². The van der Waals surface area contributed by atoms with Crippen molar-refractivity contribution in [3.05, 3.63) is 113 Å². The van der Waals surface area contributed by atoms with E-state index in [-0.39, 0.29) is 5.43 Å². The van der Waals surface area contributed by atoms with Gasteiger partial charge >= 0.3 is 0 Å². The molecule has 0 fully saturated rings. The van der Waals surface area contributed by atoms with Crippen LogP contribution >= 0.6 is 0 Å². The number of rotatable bonds is 9. The molecule has 6 heteroatoms. The van der Waals surface area contributed by atoms with E-state index in [1.807, 2.05) is 65.3 Å². The third-order valence-electron chi connectivity index (χ3n) is 5.76. The molecule has 5 aromatic rings. The zero-order chi connectivity index (χ0) is 23.2. The van der Waals surface area contributed by atoms with Crippen LogP contribution in [0.15, 0.2) is 102 Å². The molecule has 0 aliphatic carbocycles. The van der Waals surface area contributed by atoms with E-state index in [1.165, 1.54) is 0 Å². The number of anilines is 1. The average Bonchev–Trinajstić information content (AvgIpc) is 3.31. The second-order valence-electron chi connectivity index (χ2n) is 8.20. The van der Waals surface area contributed by atoms with Crippen molar-refractivity contribution < 1.29 is 0 Å². The SMILES string of the molecule is O=c1cc(NCCCNCc2cn(-c3ccccc3)nc2-c2ccccc2)[nH]c2ccccc12. The second-order valence-corrected chi connectivity index (χ2v) is 8.20. The summed E-state index contributed by atoms with van der Waals surface area (Å²) in [6.07, 6.45) is 3.02. The number of aromatic amines is 1. The van der Waals surface area contributed by atoms with Crippen LogP contribution in [0.2, 0.25) is 0 Å². The standard InChI is InChI=1S/C28H27N5O/c34-26-18-27(31-25-15-8-7-14-24(25)26)30-17-9-16-29-19-22-20-33(23-12-5-2-6-13-23)32-28(22)21-10-3-1-4-11-21/h1-8,10-15,18,20,29H,9,16-17,19H2,(H2,30,31,34). The molecule has 0 aliphatic rings. The van der Waals surface area contributed by atoms with E-state index in [0.717, 1.165) is 59.9 Å². The maximum atomic E-state index is 12.3. The van der Waals surface area contributed by atoms with Gasteiger partial charge in [0.1, 0.15) is 5.82 Å². The topological polar surface area (TPSA) is 74.7 Å². The molecule has 2 aromatic heterocycles. The predicted molar refractivity (Wildman–Crippen MR) is 138 cm³/mol. The minimum atomic E-state index is 0.0267. The van der Waals surface area contributed by atoms with Gasteiger partial charge in [0.15, 0.2) is 5.43 Å². The number of H-pyrrole nitrogens is 1. The number of benzene rings is 3. The van der Waals surface area contributed by atoms with Gasteiger partial charge in [0.25, 0.3) is 0 Å². The number of pyridine rings is 1. The normalized spacial score (nSPS) is 11.1. The number of hydrogen-bond donors (Lipinski definition) is 3. The Morgan fingerprint density at radius 1 is 0.853 bits per heavy atom. The first-order valence-electron chi connectivity index (χ1n) is 11.5. The summed E-state index contributed by atoms with van der Waals surface area (Å²) < 4.78 is 1.94. The summed E-state index contributed by atoms with van der Waals surface area (Å²) in [6, 6.07) is 29.6. The average molecular weight is 450 g/mol. The van der Waals surface area contributed by atoms with Gasteiger partial charge in [-0.1, -0.05) is 60.7 Å². The van der Waals surface area contributed by atoms with Crippen molar-refractivity contribution in [2.24, 2.45) is 0 Å². The summed E-state index contributed by atoms with van der Waals surface area (Å²) >= 11 is 0. The third kappa shape index (κ3) is 4.92. The van der Waals surface area contributed by atoms with Gasteiger partial charge in [-0.15, -0.1) is 0 Å². The van der Waals surface area contributed by atoms with Gasteiger partial charge in [0.05, 0.1) is 16.9 Å². The van der Waals surface area contributed by atoms with Crippen molar-refractivity contribution in [1.29, 1.82) is 0 Å². The first-order chi connectivity index (χ1) is 16.8. The lowest BCUT2D eigenvalue weighted by Crippen LogP contribution is -2.18. The Balaban J connectivity index is 1.20. The molecule has 0 spiro atoms. The molecule has 0 saturated carbocycles. The number of aromatic nitrogens is 3. The number of hydrogen-bond acceptors (Lipinski definition) is 4. The van der Waals surface area contributed by atoms with Crippen molar-refractivity contribution >= 4 is 16.7 Å². The van der Waals surface area contributed by atoms with Crippen LogP contribution in [0.3, 0.4) is 0 Å². The van der Waals surface area contributed by atoms with E-state index in [4.69, 9.17) is 5.10 Å². The zero-order valence-corrected chi connectivity index (χ0v) is 18.9. The summed E-state index contributed by atoms with van der Waals surface area (Å²) in [4.78, 5) is 15.6. The molecule has 5 rings (SSSR count). The highest BCUT2D eigenvalue weighted by Gasteiger charge is 2.12. The van der Waals surface area contributed by atoms with Crippen LogP contribution in [0.1, 0.15) is 12.0 Å². The molecule has 170 valence electrons. The Morgan fingerprint density at radius 2 is 1.59 bits per heavy atom. The molecule has 0 radical (unpaired) electrons. The monoisotopic (exact) mass is 449 g/mol. The van der Waals surface area contributed by atoms with Crippen LogP contribution in [-0.4, -0.2) is 27.9 Å². The number of nitrogens with zero attached hydrogens (tertiary/aromatic N) is 2. The van der Waals surface area contributed by atoms with Crippen LogP contribution in [0.25, 0.3) is 27.8 Å². The predicted octanol–water partition coefficient (Wildman–Crippen LogP) is 4.97. The zero-order valence-electron chi connectivity index (χ0n) is 18.9. The van der Waals surface area contributed by atoms with Gasteiger partial charge in [-0.25, -0.2) is 4.68 Å². The first-order valence-corrected chi connectivity index (χ1v) is 11.5. The molecule has 6 nitrogen and oxygen atoms in total. The highest BCUT2D eigenvalue weighted by molar-refractivity contribution is 5.79. The van der Waals surface area contributed by atoms with Gasteiger partial charge in [-0.2, -0.15) is 5.10 Å². The van der Waals surface area contributed by atoms with Gasteiger partial charge in [0, 0.05) is 41.9 Å². The molecule has 2 heterocycles. The fourth-order valence-corrected chi connectivity index (χ4v) is 4.04. The van der Waals surface area contributed by atoms with E-state index in [1.54, 1.807) is 6.07 Å².